The van der Waals surface area contributed by atoms with E-state index in [0.717, 1.165) is 16.7 Å². The number of nitrogens with zero attached hydrogens (tertiary/aromatic N) is 3. The van der Waals surface area contributed by atoms with Crippen molar-refractivity contribution in [2.24, 2.45) is 12.8 Å². The van der Waals surface area contributed by atoms with E-state index in [1.807, 2.05) is 29.8 Å². The molecule has 0 saturated heterocycles. The molecule has 1 amide bonds. The maximum atomic E-state index is 11.8. The molecule has 1 atom stereocenters. The van der Waals surface area contributed by atoms with Gasteiger partial charge < -0.3 is 15.2 Å². The number of fused-ring (bicyclic) bond motifs is 1. The summed E-state index contributed by atoms with van der Waals surface area (Å²) in [6, 6.07) is 5.22. The van der Waals surface area contributed by atoms with Crippen molar-refractivity contribution in [1.82, 2.24) is 9.55 Å². The first-order valence-corrected chi connectivity index (χ1v) is 5.45. The van der Waals surface area contributed by atoms with Gasteiger partial charge in [-0.05, 0) is 25.1 Å². The fourth-order valence-electron chi connectivity index (χ4n) is 1.77. The van der Waals surface area contributed by atoms with Crippen LogP contribution in [0, 0.1) is 0 Å². The van der Waals surface area contributed by atoms with Crippen LogP contribution >= 0.6 is 0 Å². The number of carbonyl (C=O) groups excluding carboxylic acids is 1. The first kappa shape index (κ1) is 11.6. The highest BCUT2D eigenvalue weighted by atomic mass is 16.2. The minimum absolute atomic E-state index is 0.111. The Balaban J connectivity index is 2.39. The van der Waals surface area contributed by atoms with E-state index in [4.69, 9.17) is 5.73 Å². The van der Waals surface area contributed by atoms with E-state index >= 15 is 0 Å². The van der Waals surface area contributed by atoms with Gasteiger partial charge in [0.2, 0.25) is 5.91 Å². The second kappa shape index (κ2) is 4.18. The number of hydrogen-bond acceptors (Lipinski definition) is 3. The maximum absolute atomic E-state index is 11.8. The van der Waals surface area contributed by atoms with Crippen LogP contribution in [0.5, 0.6) is 0 Å². The van der Waals surface area contributed by atoms with E-state index < -0.39 is 6.04 Å². The molecule has 0 bridgehead atoms. The second-order valence-corrected chi connectivity index (χ2v) is 4.21. The van der Waals surface area contributed by atoms with Crippen molar-refractivity contribution in [3.05, 3.63) is 24.5 Å². The Kier molecular flexibility index (Phi) is 2.85. The van der Waals surface area contributed by atoms with Gasteiger partial charge in [0.25, 0.3) is 0 Å². The van der Waals surface area contributed by atoms with Crippen molar-refractivity contribution < 1.29 is 4.79 Å². The lowest BCUT2D eigenvalue weighted by Gasteiger charge is -2.19. The molecule has 1 unspecified atom stereocenters. The molecule has 0 aliphatic rings. The third-order valence-electron chi connectivity index (χ3n) is 2.82. The number of hydrogen-bond donors (Lipinski definition) is 1. The summed E-state index contributed by atoms with van der Waals surface area (Å²) in [6.07, 6.45) is 1.75. The van der Waals surface area contributed by atoms with Gasteiger partial charge in [0.05, 0.1) is 23.4 Å². The van der Waals surface area contributed by atoms with Crippen LogP contribution in [0.2, 0.25) is 0 Å². The van der Waals surface area contributed by atoms with Crippen molar-refractivity contribution in [1.29, 1.82) is 0 Å². The molecule has 0 aliphatic heterocycles. The van der Waals surface area contributed by atoms with Gasteiger partial charge in [0.15, 0.2) is 0 Å². The molecule has 1 heterocycles. The number of carbonyl (C=O) groups is 1. The third-order valence-corrected chi connectivity index (χ3v) is 2.82. The Morgan fingerprint density at radius 2 is 2.24 bits per heavy atom. The Bertz CT molecular complexity index is 559. The van der Waals surface area contributed by atoms with Gasteiger partial charge in [0, 0.05) is 19.8 Å². The average molecular weight is 232 g/mol. The molecular weight excluding hydrogens is 216 g/mol. The SMILES string of the molecule is CC(N)C(=O)N(C)c1ccc2c(c1)ncn2C. The fourth-order valence-corrected chi connectivity index (χ4v) is 1.77. The van der Waals surface area contributed by atoms with Crippen molar-refractivity contribution >= 4 is 22.6 Å². The zero-order chi connectivity index (χ0) is 12.6. The Morgan fingerprint density at radius 3 is 2.88 bits per heavy atom. The van der Waals surface area contributed by atoms with Crippen LogP contribution in [0.3, 0.4) is 0 Å². The summed E-state index contributed by atoms with van der Waals surface area (Å²) < 4.78 is 1.94. The molecule has 2 N–H and O–H groups in total. The number of anilines is 1. The first-order valence-electron chi connectivity index (χ1n) is 5.45. The molecule has 0 spiro atoms. The summed E-state index contributed by atoms with van der Waals surface area (Å²) >= 11 is 0. The van der Waals surface area contributed by atoms with Crippen LogP contribution in [0.25, 0.3) is 11.0 Å². The minimum Gasteiger partial charge on any atom is -0.334 e. The van der Waals surface area contributed by atoms with Gasteiger partial charge in [-0.15, -0.1) is 0 Å². The summed E-state index contributed by atoms with van der Waals surface area (Å²) in [4.78, 5) is 17.6. The number of imidazole rings is 1. The molecule has 5 heteroatoms. The van der Waals surface area contributed by atoms with Crippen LogP contribution in [0.4, 0.5) is 5.69 Å². The summed E-state index contributed by atoms with van der Waals surface area (Å²) in [5.74, 6) is -0.111. The molecule has 1 aromatic heterocycles. The fraction of sp³-hybridized carbons (Fsp3) is 0.333. The number of likely N-dealkylation sites (N-methyl/N-ethyl adjacent to an activating group) is 1. The molecule has 0 radical (unpaired) electrons. The molecule has 90 valence electrons. The number of benzene rings is 1. The van der Waals surface area contributed by atoms with E-state index in [0.29, 0.717) is 0 Å². The lowest BCUT2D eigenvalue weighted by Crippen LogP contribution is -2.39. The summed E-state index contributed by atoms with van der Waals surface area (Å²) in [5, 5.41) is 0. The van der Waals surface area contributed by atoms with E-state index in [-0.39, 0.29) is 5.91 Å². The van der Waals surface area contributed by atoms with Gasteiger partial charge in [-0.2, -0.15) is 0 Å². The normalized spacial score (nSPS) is 12.7. The van der Waals surface area contributed by atoms with Gasteiger partial charge in [0.1, 0.15) is 0 Å². The quantitative estimate of drug-likeness (QED) is 0.836. The lowest BCUT2D eigenvalue weighted by molar-refractivity contribution is -0.119. The van der Waals surface area contributed by atoms with Crippen LogP contribution < -0.4 is 10.6 Å². The van der Waals surface area contributed by atoms with Gasteiger partial charge in [-0.1, -0.05) is 0 Å². The minimum atomic E-state index is -0.501. The van der Waals surface area contributed by atoms with E-state index in [9.17, 15) is 4.79 Å². The highest BCUT2D eigenvalue weighted by Gasteiger charge is 2.15. The Labute approximate surface area is 99.8 Å². The Hall–Kier alpha value is -1.88. The van der Waals surface area contributed by atoms with Crippen molar-refractivity contribution in [3.63, 3.8) is 0 Å². The number of aromatic nitrogens is 2. The molecule has 0 saturated carbocycles. The highest BCUT2D eigenvalue weighted by Crippen LogP contribution is 2.20. The number of rotatable bonds is 2. The molecule has 17 heavy (non-hydrogen) atoms. The number of amides is 1. The van der Waals surface area contributed by atoms with E-state index in [1.54, 1.807) is 25.2 Å². The third kappa shape index (κ3) is 2.01. The van der Waals surface area contributed by atoms with Crippen LogP contribution in [0.1, 0.15) is 6.92 Å². The molecule has 0 fully saturated rings. The van der Waals surface area contributed by atoms with Gasteiger partial charge in [-0.3, -0.25) is 4.79 Å². The van der Waals surface area contributed by atoms with Gasteiger partial charge in [-0.25, -0.2) is 4.98 Å². The molecule has 1 aromatic carbocycles. The largest absolute Gasteiger partial charge is 0.334 e. The average Bonchev–Trinajstić information content (AvgIpc) is 2.68. The topological polar surface area (TPSA) is 64.2 Å². The standard InChI is InChI=1S/C12H16N4O/c1-8(13)12(17)16(3)9-4-5-11-10(6-9)14-7-15(11)2/h4-8H,13H2,1-3H3. The van der Waals surface area contributed by atoms with Crippen molar-refractivity contribution in [2.45, 2.75) is 13.0 Å². The molecule has 5 nitrogen and oxygen atoms in total. The van der Waals surface area contributed by atoms with E-state index in [1.165, 1.54) is 0 Å². The summed E-state index contributed by atoms with van der Waals surface area (Å²) in [5.41, 5.74) is 8.29. The Morgan fingerprint density at radius 1 is 1.53 bits per heavy atom. The summed E-state index contributed by atoms with van der Waals surface area (Å²) in [7, 11) is 3.65. The van der Waals surface area contributed by atoms with Crippen LogP contribution in [0.15, 0.2) is 24.5 Å². The smallest absolute Gasteiger partial charge is 0.243 e. The molecular formula is C12H16N4O. The predicted molar refractivity (Wildman–Crippen MR) is 67.8 cm³/mol. The highest BCUT2D eigenvalue weighted by molar-refractivity contribution is 5.97. The lowest BCUT2D eigenvalue weighted by atomic mass is 10.2. The van der Waals surface area contributed by atoms with Crippen LogP contribution in [-0.2, 0) is 11.8 Å². The maximum Gasteiger partial charge on any atom is 0.243 e. The van der Waals surface area contributed by atoms with Crippen molar-refractivity contribution in [2.75, 3.05) is 11.9 Å². The first-order chi connectivity index (χ1) is 8.00. The second-order valence-electron chi connectivity index (χ2n) is 4.21. The monoisotopic (exact) mass is 232 g/mol. The number of aryl methyl sites for hydroxylation is 1. The zero-order valence-electron chi connectivity index (χ0n) is 10.2. The zero-order valence-corrected chi connectivity index (χ0v) is 10.2. The van der Waals surface area contributed by atoms with E-state index in [2.05, 4.69) is 4.98 Å². The number of nitrogens with two attached hydrogens (primary N) is 1. The molecule has 2 aromatic rings. The van der Waals surface area contributed by atoms with Gasteiger partial charge >= 0.3 is 0 Å². The summed E-state index contributed by atoms with van der Waals surface area (Å²) in [6.45, 7) is 1.68. The van der Waals surface area contributed by atoms with Crippen molar-refractivity contribution in [3.8, 4) is 0 Å². The molecule has 2 rings (SSSR count). The predicted octanol–water partition coefficient (Wildman–Crippen LogP) is 0.883. The molecule has 0 aliphatic carbocycles. The van der Waals surface area contributed by atoms with Crippen LogP contribution in [-0.4, -0.2) is 28.5 Å².